The molecule has 20 heavy (non-hydrogen) atoms. The van der Waals surface area contributed by atoms with E-state index in [-0.39, 0.29) is 12.4 Å². The van der Waals surface area contributed by atoms with E-state index in [1.165, 1.54) is 63.5 Å². The molecular formula is C14H24ClN5. The molecule has 1 atom stereocenters. The zero-order valence-corrected chi connectivity index (χ0v) is 12.7. The van der Waals surface area contributed by atoms with Crippen LogP contribution in [0, 0.1) is 5.92 Å². The van der Waals surface area contributed by atoms with Crippen LogP contribution in [0.3, 0.4) is 0 Å². The lowest BCUT2D eigenvalue weighted by molar-refractivity contribution is 0.169. The van der Waals surface area contributed by atoms with Crippen molar-refractivity contribution >= 4 is 12.4 Å². The molecule has 0 radical (unpaired) electrons. The standard InChI is InChI=1S/C14H23N5.ClH/c1-2-11(8-15-5-1)9-18-6-7-19-13(10-18)16-17-14(19)12-3-4-12;/h11-12,15H,1-10H2;1H. The number of piperidine rings is 1. The summed E-state index contributed by atoms with van der Waals surface area (Å²) in [5.74, 6) is 3.99. The molecule has 6 heteroatoms. The van der Waals surface area contributed by atoms with Gasteiger partial charge in [-0.25, -0.2) is 0 Å². The monoisotopic (exact) mass is 297 g/mol. The fourth-order valence-electron chi connectivity index (χ4n) is 3.47. The minimum absolute atomic E-state index is 0. The van der Waals surface area contributed by atoms with E-state index in [1.807, 2.05) is 0 Å². The molecule has 1 saturated heterocycles. The fraction of sp³-hybridized carbons (Fsp3) is 0.857. The van der Waals surface area contributed by atoms with Crippen molar-refractivity contribution in [1.82, 2.24) is 25.0 Å². The lowest BCUT2D eigenvalue weighted by Crippen LogP contribution is -2.41. The van der Waals surface area contributed by atoms with E-state index in [9.17, 15) is 0 Å². The van der Waals surface area contributed by atoms with Gasteiger partial charge in [-0.15, -0.1) is 22.6 Å². The van der Waals surface area contributed by atoms with E-state index in [0.29, 0.717) is 0 Å². The van der Waals surface area contributed by atoms with E-state index in [4.69, 9.17) is 0 Å². The van der Waals surface area contributed by atoms with Gasteiger partial charge < -0.3 is 9.88 Å². The van der Waals surface area contributed by atoms with Crippen molar-refractivity contribution in [3.63, 3.8) is 0 Å². The summed E-state index contributed by atoms with van der Waals surface area (Å²) < 4.78 is 2.38. The topological polar surface area (TPSA) is 46.0 Å². The Morgan fingerprint density at radius 2 is 2.05 bits per heavy atom. The predicted octanol–water partition coefficient (Wildman–Crippen LogP) is 1.39. The molecule has 1 N–H and O–H groups in total. The number of aromatic nitrogens is 3. The Hall–Kier alpha value is -0.650. The average molecular weight is 298 g/mol. The normalized spacial score (nSPS) is 26.9. The van der Waals surface area contributed by atoms with Gasteiger partial charge in [-0.2, -0.15) is 0 Å². The Labute approximate surface area is 126 Å². The lowest BCUT2D eigenvalue weighted by atomic mass is 9.99. The summed E-state index contributed by atoms with van der Waals surface area (Å²) in [6.45, 7) is 6.87. The summed E-state index contributed by atoms with van der Waals surface area (Å²) in [4.78, 5) is 2.57. The van der Waals surface area contributed by atoms with Crippen LogP contribution in [0.4, 0.5) is 0 Å². The number of rotatable bonds is 3. The first-order chi connectivity index (χ1) is 9.40. The van der Waals surface area contributed by atoms with Gasteiger partial charge in [-0.3, -0.25) is 4.90 Å². The third-order valence-electron chi connectivity index (χ3n) is 4.72. The maximum Gasteiger partial charge on any atom is 0.147 e. The largest absolute Gasteiger partial charge is 0.316 e. The van der Waals surface area contributed by atoms with Crippen LogP contribution in [0.5, 0.6) is 0 Å². The van der Waals surface area contributed by atoms with Gasteiger partial charge in [-0.1, -0.05) is 0 Å². The molecule has 0 aromatic carbocycles. The zero-order valence-electron chi connectivity index (χ0n) is 11.9. The van der Waals surface area contributed by atoms with Crippen molar-refractivity contribution in [1.29, 1.82) is 0 Å². The van der Waals surface area contributed by atoms with Crippen LogP contribution >= 0.6 is 12.4 Å². The van der Waals surface area contributed by atoms with Crippen molar-refractivity contribution in [2.45, 2.75) is 44.7 Å². The molecule has 3 heterocycles. The van der Waals surface area contributed by atoms with Gasteiger partial charge in [0.05, 0.1) is 6.54 Å². The second-order valence-corrected chi connectivity index (χ2v) is 6.35. The molecule has 5 nitrogen and oxygen atoms in total. The number of fused-ring (bicyclic) bond motifs is 1. The van der Waals surface area contributed by atoms with E-state index in [1.54, 1.807) is 0 Å². The van der Waals surface area contributed by atoms with Gasteiger partial charge in [0.25, 0.3) is 0 Å². The summed E-state index contributed by atoms with van der Waals surface area (Å²) in [6.07, 6.45) is 5.34. The average Bonchev–Trinajstić information content (AvgIpc) is 3.20. The first-order valence-corrected chi connectivity index (χ1v) is 7.75. The molecule has 2 aliphatic heterocycles. The van der Waals surface area contributed by atoms with E-state index in [2.05, 4.69) is 25.0 Å². The highest BCUT2D eigenvalue weighted by atomic mass is 35.5. The van der Waals surface area contributed by atoms with Gasteiger partial charge in [-0.05, 0) is 44.7 Å². The molecule has 0 amide bonds. The van der Waals surface area contributed by atoms with Crippen LogP contribution in [0.15, 0.2) is 0 Å². The highest BCUT2D eigenvalue weighted by molar-refractivity contribution is 5.85. The highest BCUT2D eigenvalue weighted by Crippen LogP contribution is 2.39. The summed E-state index contributed by atoms with van der Waals surface area (Å²) in [6, 6.07) is 0. The first-order valence-electron chi connectivity index (χ1n) is 7.75. The van der Waals surface area contributed by atoms with Gasteiger partial charge in [0.15, 0.2) is 0 Å². The Bertz CT molecular complexity index is 450. The van der Waals surface area contributed by atoms with E-state index >= 15 is 0 Å². The molecular weight excluding hydrogens is 274 g/mol. The third kappa shape index (κ3) is 2.85. The molecule has 112 valence electrons. The molecule has 0 spiro atoms. The van der Waals surface area contributed by atoms with Gasteiger partial charge in [0.2, 0.25) is 0 Å². The summed E-state index contributed by atoms with van der Waals surface area (Å²) in [5.41, 5.74) is 0. The molecule has 1 saturated carbocycles. The zero-order chi connectivity index (χ0) is 12.7. The summed E-state index contributed by atoms with van der Waals surface area (Å²) in [7, 11) is 0. The molecule has 1 aliphatic carbocycles. The van der Waals surface area contributed by atoms with Crippen molar-refractivity contribution < 1.29 is 0 Å². The molecule has 0 bridgehead atoms. The third-order valence-corrected chi connectivity index (χ3v) is 4.72. The van der Waals surface area contributed by atoms with Crippen LogP contribution in [0.25, 0.3) is 0 Å². The smallest absolute Gasteiger partial charge is 0.147 e. The predicted molar refractivity (Wildman–Crippen MR) is 80.1 cm³/mol. The van der Waals surface area contributed by atoms with Crippen molar-refractivity contribution in [2.24, 2.45) is 5.92 Å². The Balaban J connectivity index is 0.00000121. The van der Waals surface area contributed by atoms with E-state index < -0.39 is 0 Å². The second kappa shape index (κ2) is 6.00. The Morgan fingerprint density at radius 1 is 1.15 bits per heavy atom. The molecule has 1 aromatic rings. The number of halogens is 1. The lowest BCUT2D eigenvalue weighted by Gasteiger charge is -2.32. The Kier molecular flexibility index (Phi) is 4.29. The Morgan fingerprint density at radius 3 is 2.80 bits per heavy atom. The van der Waals surface area contributed by atoms with Crippen LogP contribution in [0.2, 0.25) is 0 Å². The van der Waals surface area contributed by atoms with Crippen LogP contribution in [0.1, 0.15) is 43.3 Å². The number of nitrogens with zero attached hydrogens (tertiary/aromatic N) is 4. The SMILES string of the molecule is C1CNCC(CN2CCn3c(nnc3C3CC3)C2)C1.Cl. The molecule has 4 rings (SSSR count). The number of hydrogen-bond acceptors (Lipinski definition) is 4. The maximum absolute atomic E-state index is 4.42. The maximum atomic E-state index is 4.42. The van der Waals surface area contributed by atoms with E-state index in [0.717, 1.165) is 24.9 Å². The summed E-state index contributed by atoms with van der Waals surface area (Å²) >= 11 is 0. The summed E-state index contributed by atoms with van der Waals surface area (Å²) in [5, 5.41) is 12.3. The highest BCUT2D eigenvalue weighted by Gasteiger charge is 2.32. The fourth-order valence-corrected chi connectivity index (χ4v) is 3.47. The van der Waals surface area contributed by atoms with Crippen LogP contribution in [-0.4, -0.2) is 45.8 Å². The number of nitrogens with one attached hydrogen (secondary N) is 1. The molecule has 1 unspecified atom stereocenters. The van der Waals surface area contributed by atoms with Crippen LogP contribution < -0.4 is 5.32 Å². The van der Waals surface area contributed by atoms with Crippen molar-refractivity contribution in [2.75, 3.05) is 26.2 Å². The molecule has 1 aromatic heterocycles. The molecule has 3 aliphatic rings. The minimum atomic E-state index is 0. The first kappa shape index (κ1) is 14.3. The van der Waals surface area contributed by atoms with Gasteiger partial charge in [0, 0.05) is 25.6 Å². The van der Waals surface area contributed by atoms with Crippen molar-refractivity contribution in [3.05, 3.63) is 11.6 Å². The second-order valence-electron chi connectivity index (χ2n) is 6.35. The minimum Gasteiger partial charge on any atom is -0.316 e. The van der Waals surface area contributed by atoms with Crippen molar-refractivity contribution in [3.8, 4) is 0 Å². The van der Waals surface area contributed by atoms with Gasteiger partial charge in [0.1, 0.15) is 11.6 Å². The van der Waals surface area contributed by atoms with Gasteiger partial charge >= 0.3 is 0 Å². The quantitative estimate of drug-likeness (QED) is 0.916. The van der Waals surface area contributed by atoms with Crippen LogP contribution in [-0.2, 0) is 13.1 Å². The molecule has 2 fully saturated rings. The number of hydrogen-bond donors (Lipinski definition) is 1.